The van der Waals surface area contributed by atoms with Crippen LogP contribution in [0, 0.1) is 0 Å². The Morgan fingerprint density at radius 2 is 2.45 bits per heavy atom. The Morgan fingerprint density at radius 1 is 1.82 bits per heavy atom. The molecule has 0 bridgehead atoms. The lowest BCUT2D eigenvalue weighted by Gasteiger charge is -1.99. The van der Waals surface area contributed by atoms with Gasteiger partial charge in [-0.1, -0.05) is 22.9 Å². The van der Waals surface area contributed by atoms with Gasteiger partial charge >= 0.3 is 0 Å². The summed E-state index contributed by atoms with van der Waals surface area (Å²) < 4.78 is 1.41. The molecule has 0 saturated heterocycles. The van der Waals surface area contributed by atoms with E-state index < -0.39 is 0 Å². The van der Waals surface area contributed by atoms with Crippen molar-refractivity contribution >= 4 is 38.9 Å². The number of hydrogen-bond acceptors (Lipinski definition) is 3. The number of nitrogens with zero attached hydrogens (tertiary/aromatic N) is 1. The van der Waals surface area contributed by atoms with Crippen molar-refractivity contribution in [1.29, 1.82) is 0 Å². The van der Waals surface area contributed by atoms with E-state index in [-0.39, 0.29) is 6.10 Å². The van der Waals surface area contributed by atoms with Crippen molar-refractivity contribution in [2.24, 2.45) is 0 Å². The second-order valence-corrected chi connectivity index (χ2v) is 5.12. The zero-order valence-corrected chi connectivity index (χ0v) is 9.00. The van der Waals surface area contributed by atoms with Crippen molar-refractivity contribution in [3.8, 4) is 0 Å². The van der Waals surface area contributed by atoms with Gasteiger partial charge in [0.05, 0.1) is 11.8 Å². The van der Waals surface area contributed by atoms with E-state index in [4.69, 9.17) is 16.7 Å². The van der Waals surface area contributed by atoms with Gasteiger partial charge in [-0.3, -0.25) is 0 Å². The maximum absolute atomic E-state index is 9.03. The van der Waals surface area contributed by atoms with E-state index in [1.54, 1.807) is 6.92 Å². The zero-order chi connectivity index (χ0) is 8.43. The number of aliphatic hydroxyl groups is 1. The highest BCUT2D eigenvalue weighted by Gasteiger charge is 2.09. The van der Waals surface area contributed by atoms with Crippen LogP contribution in [0.5, 0.6) is 0 Å². The number of halogens is 2. The molecule has 2 nitrogen and oxygen atoms in total. The molecule has 0 saturated carbocycles. The Labute approximate surface area is 82.4 Å². The van der Waals surface area contributed by atoms with Gasteiger partial charge in [0.1, 0.15) is 4.34 Å². The molecule has 1 N–H and O–H groups in total. The van der Waals surface area contributed by atoms with Gasteiger partial charge in [-0.2, -0.15) is 0 Å². The Kier molecular flexibility index (Phi) is 3.30. The van der Waals surface area contributed by atoms with Crippen LogP contribution in [0.1, 0.15) is 12.6 Å². The highest BCUT2D eigenvalue weighted by atomic mass is 79.9. The second kappa shape index (κ2) is 3.85. The molecule has 0 radical (unpaired) electrons. The topological polar surface area (TPSA) is 33.1 Å². The van der Waals surface area contributed by atoms with Gasteiger partial charge in [0.15, 0.2) is 3.92 Å². The molecule has 1 heterocycles. The van der Waals surface area contributed by atoms with Gasteiger partial charge in [0, 0.05) is 6.42 Å². The molecule has 0 aliphatic rings. The number of thiazole rings is 1. The molecule has 0 fully saturated rings. The van der Waals surface area contributed by atoms with Gasteiger partial charge in [-0.15, -0.1) is 0 Å². The number of hydrogen-bond donors (Lipinski definition) is 1. The lowest BCUT2D eigenvalue weighted by atomic mass is 10.2. The monoisotopic (exact) mass is 255 g/mol. The minimum atomic E-state index is -0.388. The first-order chi connectivity index (χ1) is 5.09. The highest BCUT2D eigenvalue weighted by molar-refractivity contribution is 9.11. The molecule has 1 aromatic heterocycles. The van der Waals surface area contributed by atoms with Gasteiger partial charge in [0.25, 0.3) is 0 Å². The average Bonchev–Trinajstić information content (AvgIpc) is 2.09. The quantitative estimate of drug-likeness (QED) is 0.882. The van der Waals surface area contributed by atoms with Crippen molar-refractivity contribution in [2.45, 2.75) is 19.4 Å². The van der Waals surface area contributed by atoms with Gasteiger partial charge in [-0.05, 0) is 22.9 Å². The first-order valence-electron chi connectivity index (χ1n) is 3.08. The first-order valence-corrected chi connectivity index (χ1v) is 5.07. The third-order valence-electron chi connectivity index (χ3n) is 1.11. The molecule has 1 rings (SSSR count). The lowest BCUT2D eigenvalue weighted by molar-refractivity contribution is 0.194. The summed E-state index contributed by atoms with van der Waals surface area (Å²) in [6.45, 7) is 1.71. The normalized spacial score (nSPS) is 13.5. The molecule has 62 valence electrons. The summed E-state index contributed by atoms with van der Waals surface area (Å²) in [4.78, 5) is 4.09. The molecular weight excluding hydrogens is 249 g/mol. The second-order valence-electron chi connectivity index (χ2n) is 2.24. The molecule has 0 amide bonds. The van der Waals surface area contributed by atoms with Gasteiger partial charge in [-0.25, -0.2) is 4.98 Å². The van der Waals surface area contributed by atoms with E-state index in [0.717, 1.165) is 9.61 Å². The fourth-order valence-corrected chi connectivity index (χ4v) is 2.58. The molecule has 0 aliphatic heterocycles. The van der Waals surface area contributed by atoms with E-state index in [2.05, 4.69) is 20.9 Å². The van der Waals surface area contributed by atoms with Crippen LogP contribution in [-0.4, -0.2) is 16.2 Å². The minimum absolute atomic E-state index is 0.388. The third-order valence-corrected chi connectivity index (χ3v) is 2.90. The van der Waals surface area contributed by atoms with Crippen molar-refractivity contribution < 1.29 is 5.11 Å². The Morgan fingerprint density at radius 3 is 2.82 bits per heavy atom. The van der Waals surface area contributed by atoms with Crippen LogP contribution in [0.3, 0.4) is 0 Å². The van der Waals surface area contributed by atoms with Crippen LogP contribution in [0.25, 0.3) is 0 Å². The van der Waals surface area contributed by atoms with Gasteiger partial charge < -0.3 is 5.11 Å². The molecular formula is C6H7BrClNOS. The fraction of sp³-hybridized carbons (Fsp3) is 0.500. The average molecular weight is 257 g/mol. The third kappa shape index (κ3) is 2.71. The van der Waals surface area contributed by atoms with Crippen LogP contribution in [0.4, 0.5) is 0 Å². The summed E-state index contributed by atoms with van der Waals surface area (Å²) >= 11 is 10.4. The number of rotatable bonds is 2. The molecule has 1 aromatic rings. The van der Waals surface area contributed by atoms with E-state index in [1.165, 1.54) is 11.3 Å². The Balaban J connectivity index is 2.77. The van der Waals surface area contributed by atoms with E-state index in [9.17, 15) is 0 Å². The molecule has 0 spiro atoms. The van der Waals surface area contributed by atoms with E-state index in [1.807, 2.05) is 0 Å². The zero-order valence-electron chi connectivity index (χ0n) is 5.84. The van der Waals surface area contributed by atoms with Gasteiger partial charge in [0.2, 0.25) is 0 Å². The molecule has 0 aliphatic carbocycles. The summed E-state index contributed by atoms with van der Waals surface area (Å²) in [7, 11) is 0. The van der Waals surface area contributed by atoms with Crippen LogP contribution in [-0.2, 0) is 6.42 Å². The Hall–Kier alpha value is 0.360. The predicted molar refractivity (Wildman–Crippen MR) is 50.2 cm³/mol. The first kappa shape index (κ1) is 9.45. The summed E-state index contributed by atoms with van der Waals surface area (Å²) in [6, 6.07) is 0. The standard InChI is InChI=1S/C6H7BrClNOS/c1-3(10)2-4-5(8)11-6(7)9-4/h3,10H,2H2,1H3. The van der Waals surface area contributed by atoms with Crippen molar-refractivity contribution in [1.82, 2.24) is 4.98 Å². The smallest absolute Gasteiger partial charge is 0.160 e. The van der Waals surface area contributed by atoms with Crippen LogP contribution in [0.15, 0.2) is 3.92 Å². The number of aliphatic hydroxyl groups excluding tert-OH is 1. The summed E-state index contributed by atoms with van der Waals surface area (Å²) in [5, 5.41) is 9.03. The SMILES string of the molecule is CC(O)Cc1nc(Br)sc1Cl. The summed E-state index contributed by atoms with van der Waals surface area (Å²) in [6.07, 6.45) is 0.127. The van der Waals surface area contributed by atoms with E-state index in [0.29, 0.717) is 10.8 Å². The van der Waals surface area contributed by atoms with E-state index >= 15 is 0 Å². The highest BCUT2D eigenvalue weighted by Crippen LogP contribution is 2.28. The molecule has 1 unspecified atom stereocenters. The Bertz CT molecular complexity index is 251. The van der Waals surface area contributed by atoms with Crippen LogP contribution >= 0.6 is 38.9 Å². The van der Waals surface area contributed by atoms with Crippen LogP contribution in [0.2, 0.25) is 4.34 Å². The maximum Gasteiger partial charge on any atom is 0.160 e. The van der Waals surface area contributed by atoms with Crippen molar-refractivity contribution in [2.75, 3.05) is 0 Å². The molecule has 5 heteroatoms. The van der Waals surface area contributed by atoms with Crippen molar-refractivity contribution in [3.05, 3.63) is 13.9 Å². The largest absolute Gasteiger partial charge is 0.393 e. The van der Waals surface area contributed by atoms with Crippen LogP contribution < -0.4 is 0 Å². The van der Waals surface area contributed by atoms with Crippen molar-refractivity contribution in [3.63, 3.8) is 0 Å². The maximum atomic E-state index is 9.03. The molecule has 0 aromatic carbocycles. The molecule has 1 atom stereocenters. The predicted octanol–water partition coefficient (Wildman–Crippen LogP) is 2.48. The number of aromatic nitrogens is 1. The molecule has 11 heavy (non-hydrogen) atoms. The fourth-order valence-electron chi connectivity index (χ4n) is 0.711. The summed E-state index contributed by atoms with van der Waals surface area (Å²) in [5.41, 5.74) is 0.763. The summed E-state index contributed by atoms with van der Waals surface area (Å²) in [5.74, 6) is 0. The lowest BCUT2D eigenvalue weighted by Crippen LogP contribution is -2.04. The minimum Gasteiger partial charge on any atom is -0.393 e.